The predicted molar refractivity (Wildman–Crippen MR) is 85.3 cm³/mol. The predicted octanol–water partition coefficient (Wildman–Crippen LogP) is 3.37. The first kappa shape index (κ1) is 15.1. The molecular formula is C16H11F2N5O2. The van der Waals surface area contributed by atoms with Crippen LogP contribution < -0.4 is 20.1 Å². The van der Waals surface area contributed by atoms with Crippen molar-refractivity contribution < 1.29 is 18.3 Å². The van der Waals surface area contributed by atoms with Gasteiger partial charge in [-0.25, -0.2) is 8.78 Å². The summed E-state index contributed by atoms with van der Waals surface area (Å²) >= 11 is 0. The van der Waals surface area contributed by atoms with Crippen molar-refractivity contribution >= 4 is 23.1 Å². The Morgan fingerprint density at radius 1 is 0.960 bits per heavy atom. The molecular weight excluding hydrogens is 332 g/mol. The highest BCUT2D eigenvalue weighted by Gasteiger charge is 2.13. The van der Waals surface area contributed by atoms with E-state index in [1.807, 2.05) is 0 Å². The van der Waals surface area contributed by atoms with Crippen LogP contribution in [0.2, 0.25) is 0 Å². The Kier molecular flexibility index (Phi) is 3.73. The molecule has 0 saturated heterocycles. The van der Waals surface area contributed by atoms with E-state index in [-0.39, 0.29) is 18.4 Å². The molecule has 25 heavy (non-hydrogen) atoms. The van der Waals surface area contributed by atoms with Crippen molar-refractivity contribution in [2.75, 3.05) is 17.4 Å². The van der Waals surface area contributed by atoms with Gasteiger partial charge in [0.1, 0.15) is 11.6 Å². The number of ether oxygens (including phenoxy) is 2. The van der Waals surface area contributed by atoms with Crippen molar-refractivity contribution in [1.82, 2.24) is 15.2 Å². The molecule has 3 aromatic rings. The molecule has 7 nitrogen and oxygen atoms in total. The van der Waals surface area contributed by atoms with E-state index in [9.17, 15) is 8.78 Å². The van der Waals surface area contributed by atoms with Gasteiger partial charge in [0.15, 0.2) is 17.3 Å². The third kappa shape index (κ3) is 3.25. The van der Waals surface area contributed by atoms with E-state index in [2.05, 4.69) is 25.8 Å². The van der Waals surface area contributed by atoms with Crippen LogP contribution in [0.1, 0.15) is 0 Å². The summed E-state index contributed by atoms with van der Waals surface area (Å²) in [7, 11) is 0. The minimum atomic E-state index is -0.752. The zero-order chi connectivity index (χ0) is 17.2. The highest BCUT2D eigenvalue weighted by Crippen LogP contribution is 2.34. The van der Waals surface area contributed by atoms with E-state index >= 15 is 0 Å². The second-order valence-corrected chi connectivity index (χ2v) is 5.11. The number of hydrogen-bond donors (Lipinski definition) is 2. The van der Waals surface area contributed by atoms with Gasteiger partial charge in [-0.1, -0.05) is 0 Å². The lowest BCUT2D eigenvalue weighted by Gasteiger charge is -2.08. The van der Waals surface area contributed by atoms with Gasteiger partial charge in [-0.3, -0.25) is 0 Å². The van der Waals surface area contributed by atoms with Crippen molar-refractivity contribution in [3.05, 3.63) is 54.2 Å². The Labute approximate surface area is 140 Å². The topological polar surface area (TPSA) is 81.2 Å². The Hall–Kier alpha value is -3.49. The maximum Gasteiger partial charge on any atom is 0.249 e. The summed E-state index contributed by atoms with van der Waals surface area (Å²) in [5.74, 6) is 0.326. The summed E-state index contributed by atoms with van der Waals surface area (Å²) in [5.41, 5.74) is 0.757. The van der Waals surface area contributed by atoms with Gasteiger partial charge >= 0.3 is 0 Å². The maximum atomic E-state index is 13.7. The summed E-state index contributed by atoms with van der Waals surface area (Å²) in [6.45, 7) is 0.186. The van der Waals surface area contributed by atoms with E-state index < -0.39 is 11.6 Å². The number of nitrogens with zero attached hydrogens (tertiary/aromatic N) is 3. The van der Waals surface area contributed by atoms with Crippen molar-refractivity contribution in [3.63, 3.8) is 0 Å². The van der Waals surface area contributed by atoms with Gasteiger partial charge in [0.2, 0.25) is 12.7 Å². The zero-order valence-corrected chi connectivity index (χ0v) is 12.7. The molecule has 0 amide bonds. The molecule has 0 bridgehead atoms. The minimum absolute atomic E-state index is 0.0448. The Bertz CT molecular complexity index is 938. The average Bonchev–Trinajstić information content (AvgIpc) is 3.05. The van der Waals surface area contributed by atoms with Crippen molar-refractivity contribution in [3.8, 4) is 11.5 Å². The minimum Gasteiger partial charge on any atom is -0.454 e. The van der Waals surface area contributed by atoms with Gasteiger partial charge in [-0.05, 0) is 24.3 Å². The van der Waals surface area contributed by atoms with Gasteiger partial charge in [-0.15, -0.1) is 5.10 Å². The Morgan fingerprint density at radius 2 is 1.84 bits per heavy atom. The Balaban J connectivity index is 1.53. The van der Waals surface area contributed by atoms with Crippen LogP contribution in [0.25, 0.3) is 0 Å². The summed E-state index contributed by atoms with van der Waals surface area (Å²) in [5, 5.41) is 13.3. The van der Waals surface area contributed by atoms with Gasteiger partial charge in [0, 0.05) is 17.8 Å². The third-order valence-electron chi connectivity index (χ3n) is 3.38. The number of fused-ring (bicyclic) bond motifs is 1. The number of benzene rings is 2. The molecule has 4 rings (SSSR count). The van der Waals surface area contributed by atoms with Crippen LogP contribution in [0.15, 0.2) is 42.6 Å². The van der Waals surface area contributed by atoms with Crippen LogP contribution in [0.4, 0.5) is 31.9 Å². The number of halogens is 2. The average molecular weight is 343 g/mol. The Morgan fingerprint density at radius 3 is 2.72 bits per heavy atom. The number of rotatable bonds is 4. The smallest absolute Gasteiger partial charge is 0.249 e. The lowest BCUT2D eigenvalue weighted by Crippen LogP contribution is -2.03. The fourth-order valence-electron chi connectivity index (χ4n) is 2.25. The summed E-state index contributed by atoms with van der Waals surface area (Å²) in [4.78, 5) is 4.19. The van der Waals surface area contributed by atoms with Crippen LogP contribution in [-0.4, -0.2) is 22.0 Å². The summed E-state index contributed by atoms with van der Waals surface area (Å²) in [6.07, 6.45) is 1.41. The van der Waals surface area contributed by atoms with Crippen LogP contribution in [0.5, 0.6) is 11.5 Å². The van der Waals surface area contributed by atoms with Crippen LogP contribution >= 0.6 is 0 Å². The molecule has 1 aromatic heterocycles. The van der Waals surface area contributed by atoms with Crippen LogP contribution in [0, 0.1) is 11.6 Å². The molecule has 0 unspecified atom stereocenters. The zero-order valence-electron chi connectivity index (χ0n) is 12.7. The molecule has 0 fully saturated rings. The van der Waals surface area contributed by atoms with E-state index in [4.69, 9.17) is 9.47 Å². The quantitative estimate of drug-likeness (QED) is 0.752. The van der Waals surface area contributed by atoms with Gasteiger partial charge in [-0.2, -0.15) is 10.1 Å². The van der Waals surface area contributed by atoms with Crippen molar-refractivity contribution in [2.45, 2.75) is 0 Å². The van der Waals surface area contributed by atoms with Crippen LogP contribution in [0.3, 0.4) is 0 Å². The lowest BCUT2D eigenvalue weighted by molar-refractivity contribution is 0.174. The fourth-order valence-corrected chi connectivity index (χ4v) is 2.25. The SMILES string of the molecule is Fc1ccc(Nc2nncc(Nc3ccc4c(c3)OCO4)n2)c(F)c1. The molecule has 1 aliphatic rings. The number of aromatic nitrogens is 3. The van der Waals surface area contributed by atoms with Gasteiger partial charge in [0.05, 0.1) is 11.9 Å². The molecule has 126 valence electrons. The third-order valence-corrected chi connectivity index (χ3v) is 3.38. The molecule has 2 heterocycles. The highest BCUT2D eigenvalue weighted by molar-refractivity contribution is 5.62. The van der Waals surface area contributed by atoms with Gasteiger partial charge in [0.25, 0.3) is 0 Å². The molecule has 0 saturated carbocycles. The standard InChI is InChI=1S/C16H11F2N5O2/c17-9-1-3-12(11(18)5-9)21-16-22-15(7-19-23-16)20-10-2-4-13-14(6-10)25-8-24-13/h1-7H,8H2,(H2,20,21,22,23). The fraction of sp³-hybridized carbons (Fsp3) is 0.0625. The largest absolute Gasteiger partial charge is 0.454 e. The normalized spacial score (nSPS) is 12.1. The van der Waals surface area contributed by atoms with Crippen molar-refractivity contribution in [1.29, 1.82) is 0 Å². The second-order valence-electron chi connectivity index (χ2n) is 5.11. The van der Waals surface area contributed by atoms with E-state index in [1.165, 1.54) is 12.3 Å². The van der Waals surface area contributed by atoms with E-state index in [1.54, 1.807) is 18.2 Å². The lowest BCUT2D eigenvalue weighted by atomic mass is 10.3. The van der Waals surface area contributed by atoms with E-state index in [0.717, 1.165) is 12.1 Å². The number of nitrogens with one attached hydrogen (secondary N) is 2. The van der Waals surface area contributed by atoms with E-state index in [0.29, 0.717) is 23.0 Å². The molecule has 0 spiro atoms. The second kappa shape index (κ2) is 6.19. The molecule has 0 atom stereocenters. The van der Waals surface area contributed by atoms with Crippen molar-refractivity contribution in [2.24, 2.45) is 0 Å². The summed E-state index contributed by atoms with van der Waals surface area (Å²) in [6, 6.07) is 8.48. The molecule has 1 aliphatic heterocycles. The molecule has 9 heteroatoms. The summed E-state index contributed by atoms with van der Waals surface area (Å²) < 4.78 is 37.2. The first-order valence-corrected chi connectivity index (χ1v) is 7.26. The first-order valence-electron chi connectivity index (χ1n) is 7.26. The number of hydrogen-bond acceptors (Lipinski definition) is 7. The highest BCUT2D eigenvalue weighted by atomic mass is 19.1. The first-order chi connectivity index (χ1) is 12.2. The number of anilines is 4. The van der Waals surface area contributed by atoms with Gasteiger partial charge < -0.3 is 20.1 Å². The van der Waals surface area contributed by atoms with Crippen LogP contribution in [-0.2, 0) is 0 Å². The monoisotopic (exact) mass is 343 g/mol. The molecule has 2 aromatic carbocycles. The molecule has 0 aliphatic carbocycles. The molecule has 0 radical (unpaired) electrons. The maximum absolute atomic E-state index is 13.7. The molecule has 2 N–H and O–H groups in total.